The fraction of sp³-hybridized carbons (Fsp3) is 0.375. The fourth-order valence-corrected chi connectivity index (χ4v) is 3.96. The van der Waals surface area contributed by atoms with Gasteiger partial charge in [-0.25, -0.2) is 9.78 Å². The molecule has 2 saturated carbocycles. The van der Waals surface area contributed by atoms with Crippen LogP contribution in [0.15, 0.2) is 46.1 Å². The Labute approximate surface area is 189 Å². The zero-order valence-electron chi connectivity index (χ0n) is 18.6. The molecule has 0 saturated heterocycles. The van der Waals surface area contributed by atoms with Crippen LogP contribution in [0.2, 0.25) is 0 Å². The number of benzene rings is 1. The number of pyridine rings is 1. The number of carbonyl (C=O) groups excluding carboxylic acids is 2. The maximum absolute atomic E-state index is 13.4. The number of aryl methyl sites for hydroxylation is 1. The normalized spacial score (nSPS) is 15.5. The number of hydrogen-bond donors (Lipinski definition) is 1. The van der Waals surface area contributed by atoms with Crippen molar-refractivity contribution in [3.05, 3.63) is 74.1 Å². The molecule has 2 amide bonds. The predicted molar refractivity (Wildman–Crippen MR) is 122 cm³/mol. The highest BCUT2D eigenvalue weighted by Crippen LogP contribution is 2.30. The van der Waals surface area contributed by atoms with E-state index in [0.29, 0.717) is 23.7 Å². The number of aromatic nitrogens is 3. The second kappa shape index (κ2) is 7.99. The molecule has 2 aliphatic carbocycles. The van der Waals surface area contributed by atoms with Crippen LogP contribution in [0.4, 0.5) is 0 Å². The molecule has 9 heteroatoms. The van der Waals surface area contributed by atoms with Gasteiger partial charge in [0.2, 0.25) is 0 Å². The number of amides is 2. The standard InChI is InChI=1S/C24H25N5O4/c1-27-20-19(23(32)28(2)24(27)33)11-16(12-25-20)22(31)29(18-9-10-18)13-14-3-5-15(6-4-14)21(30)26-17-7-8-17/h3-6,11-12,17-18H,7-10,13H2,1-2H3,(H,26,30). The van der Waals surface area contributed by atoms with Crippen molar-refractivity contribution in [2.45, 2.75) is 44.3 Å². The van der Waals surface area contributed by atoms with Crippen molar-refractivity contribution in [1.29, 1.82) is 0 Å². The van der Waals surface area contributed by atoms with E-state index in [1.807, 2.05) is 12.1 Å². The smallest absolute Gasteiger partial charge is 0.332 e. The first-order valence-corrected chi connectivity index (χ1v) is 11.1. The van der Waals surface area contributed by atoms with Crippen molar-refractivity contribution in [1.82, 2.24) is 24.3 Å². The Kier molecular flexibility index (Phi) is 5.11. The Morgan fingerprint density at radius 2 is 1.73 bits per heavy atom. The summed E-state index contributed by atoms with van der Waals surface area (Å²) in [5.74, 6) is -0.282. The summed E-state index contributed by atoms with van der Waals surface area (Å²) in [6.45, 7) is 0.400. The summed E-state index contributed by atoms with van der Waals surface area (Å²) in [5.41, 5.74) is 1.14. The molecule has 33 heavy (non-hydrogen) atoms. The maximum atomic E-state index is 13.4. The monoisotopic (exact) mass is 447 g/mol. The zero-order chi connectivity index (χ0) is 23.3. The molecule has 2 aliphatic rings. The maximum Gasteiger partial charge on any atom is 0.332 e. The summed E-state index contributed by atoms with van der Waals surface area (Å²) in [6, 6.07) is 9.26. The molecule has 170 valence electrons. The molecule has 0 bridgehead atoms. The molecule has 1 aromatic carbocycles. The quantitative estimate of drug-likeness (QED) is 0.614. The highest BCUT2D eigenvalue weighted by molar-refractivity contribution is 5.97. The Balaban J connectivity index is 1.40. The summed E-state index contributed by atoms with van der Waals surface area (Å²) in [4.78, 5) is 56.4. The largest absolute Gasteiger partial charge is 0.349 e. The van der Waals surface area contributed by atoms with E-state index < -0.39 is 11.2 Å². The molecule has 0 atom stereocenters. The van der Waals surface area contributed by atoms with Gasteiger partial charge < -0.3 is 10.2 Å². The minimum atomic E-state index is -0.478. The van der Waals surface area contributed by atoms with E-state index in [1.54, 1.807) is 24.1 Å². The predicted octanol–water partition coefficient (Wildman–Crippen LogP) is 1.33. The lowest BCUT2D eigenvalue weighted by Gasteiger charge is -2.23. The fourth-order valence-electron chi connectivity index (χ4n) is 3.96. The Morgan fingerprint density at radius 1 is 1.03 bits per heavy atom. The van der Waals surface area contributed by atoms with Crippen molar-refractivity contribution in [3.8, 4) is 0 Å². The van der Waals surface area contributed by atoms with E-state index in [2.05, 4.69) is 10.3 Å². The Bertz CT molecular complexity index is 1380. The molecule has 9 nitrogen and oxygen atoms in total. The van der Waals surface area contributed by atoms with Gasteiger partial charge in [-0.1, -0.05) is 12.1 Å². The topological polar surface area (TPSA) is 106 Å². The summed E-state index contributed by atoms with van der Waals surface area (Å²) in [7, 11) is 2.95. The van der Waals surface area contributed by atoms with Gasteiger partial charge >= 0.3 is 5.69 Å². The summed E-state index contributed by atoms with van der Waals surface area (Å²) in [6.07, 6.45) is 5.34. The molecule has 3 aromatic rings. The van der Waals surface area contributed by atoms with Gasteiger partial charge in [-0.05, 0) is 49.4 Å². The lowest BCUT2D eigenvalue weighted by molar-refractivity contribution is 0.0729. The van der Waals surface area contributed by atoms with Gasteiger partial charge in [-0.3, -0.25) is 23.5 Å². The van der Waals surface area contributed by atoms with Crippen LogP contribution in [0.3, 0.4) is 0 Å². The number of fused-ring (bicyclic) bond motifs is 1. The molecule has 0 spiro atoms. The van der Waals surface area contributed by atoms with Gasteiger partial charge in [0.1, 0.15) is 5.65 Å². The number of rotatable bonds is 6. The highest BCUT2D eigenvalue weighted by Gasteiger charge is 2.33. The SMILES string of the molecule is Cn1c(=O)c2cc(C(=O)N(Cc3ccc(C(=O)NC4CC4)cc3)C3CC3)cnc2n(C)c1=O. The van der Waals surface area contributed by atoms with Crippen LogP contribution in [0.5, 0.6) is 0 Å². The average molecular weight is 447 g/mol. The van der Waals surface area contributed by atoms with Crippen LogP contribution in [0, 0.1) is 0 Å². The van der Waals surface area contributed by atoms with Gasteiger partial charge in [0.15, 0.2) is 0 Å². The molecule has 0 unspecified atom stereocenters. The van der Waals surface area contributed by atoms with Crippen molar-refractivity contribution < 1.29 is 9.59 Å². The van der Waals surface area contributed by atoms with Crippen LogP contribution in [-0.4, -0.2) is 42.9 Å². The van der Waals surface area contributed by atoms with E-state index in [4.69, 9.17) is 0 Å². The summed E-state index contributed by atoms with van der Waals surface area (Å²) < 4.78 is 2.31. The Hall–Kier alpha value is -3.75. The molecule has 2 fully saturated rings. The number of hydrogen-bond acceptors (Lipinski definition) is 5. The van der Waals surface area contributed by atoms with E-state index >= 15 is 0 Å². The first kappa shape index (κ1) is 21.1. The van der Waals surface area contributed by atoms with Crippen molar-refractivity contribution in [3.63, 3.8) is 0 Å². The van der Waals surface area contributed by atoms with E-state index in [0.717, 1.165) is 35.8 Å². The van der Waals surface area contributed by atoms with Crippen molar-refractivity contribution in [2.24, 2.45) is 14.1 Å². The van der Waals surface area contributed by atoms with Crippen LogP contribution in [0.1, 0.15) is 52.0 Å². The number of nitrogens with one attached hydrogen (secondary N) is 1. The minimum absolute atomic E-state index is 0.0719. The first-order valence-electron chi connectivity index (χ1n) is 11.1. The molecule has 1 N–H and O–H groups in total. The lowest BCUT2D eigenvalue weighted by Crippen LogP contribution is -2.38. The Morgan fingerprint density at radius 3 is 2.36 bits per heavy atom. The third-order valence-electron chi connectivity index (χ3n) is 6.27. The van der Waals surface area contributed by atoms with Crippen LogP contribution >= 0.6 is 0 Å². The van der Waals surface area contributed by atoms with Gasteiger partial charge in [-0.2, -0.15) is 0 Å². The number of carbonyl (C=O) groups is 2. The molecule has 5 rings (SSSR count). The lowest BCUT2D eigenvalue weighted by atomic mass is 10.1. The van der Waals surface area contributed by atoms with Crippen LogP contribution in [0.25, 0.3) is 11.0 Å². The minimum Gasteiger partial charge on any atom is -0.349 e. The molecule has 0 aliphatic heterocycles. The van der Waals surface area contributed by atoms with Gasteiger partial charge in [0, 0.05) is 44.5 Å². The summed E-state index contributed by atoms with van der Waals surface area (Å²) >= 11 is 0. The van der Waals surface area contributed by atoms with Gasteiger partial charge in [-0.15, -0.1) is 0 Å². The second-order valence-corrected chi connectivity index (χ2v) is 8.91. The number of nitrogens with zero attached hydrogens (tertiary/aromatic N) is 4. The summed E-state index contributed by atoms with van der Waals surface area (Å²) in [5, 5.41) is 3.20. The van der Waals surface area contributed by atoms with Crippen LogP contribution < -0.4 is 16.6 Å². The second-order valence-electron chi connectivity index (χ2n) is 8.91. The molecule has 2 heterocycles. The average Bonchev–Trinajstić information content (AvgIpc) is 3.75. The first-order chi connectivity index (χ1) is 15.8. The highest BCUT2D eigenvalue weighted by atomic mass is 16.2. The van der Waals surface area contributed by atoms with Gasteiger partial charge in [0.05, 0.1) is 10.9 Å². The van der Waals surface area contributed by atoms with Crippen LogP contribution in [-0.2, 0) is 20.6 Å². The van der Waals surface area contributed by atoms with Crippen molar-refractivity contribution in [2.75, 3.05) is 0 Å². The van der Waals surface area contributed by atoms with E-state index in [9.17, 15) is 19.2 Å². The molecule has 2 aromatic heterocycles. The third-order valence-corrected chi connectivity index (χ3v) is 6.27. The van der Waals surface area contributed by atoms with E-state index in [1.165, 1.54) is 23.9 Å². The zero-order valence-corrected chi connectivity index (χ0v) is 18.6. The molecular formula is C24H25N5O4. The van der Waals surface area contributed by atoms with Crippen molar-refractivity contribution >= 4 is 22.8 Å². The third kappa shape index (κ3) is 4.06. The molecule has 0 radical (unpaired) electrons. The molecular weight excluding hydrogens is 422 g/mol. The van der Waals surface area contributed by atoms with E-state index in [-0.39, 0.29) is 28.9 Å². The van der Waals surface area contributed by atoms with Gasteiger partial charge in [0.25, 0.3) is 17.4 Å².